The number of methoxy groups -OCH3 is 1. The first-order valence-corrected chi connectivity index (χ1v) is 7.34. The number of anilines is 1. The standard InChI is InChI=1S/C17H15Cl2NO2/c1-11-6-8-15(22-2)12(10-11)7-9-16(21)20-14-5-3-4-13(18)17(14)19/h3-10H,1-2H3,(H,20,21)/b9-7+. The summed E-state index contributed by atoms with van der Waals surface area (Å²) in [5, 5.41) is 3.40. The molecular weight excluding hydrogens is 321 g/mol. The fraction of sp³-hybridized carbons (Fsp3) is 0.118. The van der Waals surface area contributed by atoms with Gasteiger partial charge in [-0.2, -0.15) is 0 Å². The lowest BCUT2D eigenvalue weighted by Crippen LogP contribution is -2.08. The van der Waals surface area contributed by atoms with Crippen molar-refractivity contribution < 1.29 is 9.53 Å². The largest absolute Gasteiger partial charge is 0.496 e. The fourth-order valence-corrected chi connectivity index (χ4v) is 2.27. The van der Waals surface area contributed by atoms with Gasteiger partial charge in [-0.25, -0.2) is 0 Å². The van der Waals surface area contributed by atoms with Crippen LogP contribution in [0.15, 0.2) is 42.5 Å². The van der Waals surface area contributed by atoms with Crippen LogP contribution in [0.3, 0.4) is 0 Å². The molecule has 2 aromatic carbocycles. The highest BCUT2D eigenvalue weighted by molar-refractivity contribution is 6.44. The SMILES string of the molecule is COc1ccc(C)cc1/C=C/C(=O)Nc1cccc(Cl)c1Cl. The van der Waals surface area contributed by atoms with E-state index in [4.69, 9.17) is 27.9 Å². The molecule has 0 saturated heterocycles. The average Bonchev–Trinajstić information content (AvgIpc) is 2.50. The van der Waals surface area contributed by atoms with Crippen LogP contribution >= 0.6 is 23.2 Å². The van der Waals surface area contributed by atoms with E-state index < -0.39 is 0 Å². The van der Waals surface area contributed by atoms with Crippen molar-refractivity contribution in [1.29, 1.82) is 0 Å². The summed E-state index contributed by atoms with van der Waals surface area (Å²) in [5.74, 6) is 0.406. The highest BCUT2D eigenvalue weighted by atomic mass is 35.5. The second-order valence-corrected chi connectivity index (χ2v) is 5.45. The van der Waals surface area contributed by atoms with Crippen LogP contribution in [0.2, 0.25) is 10.0 Å². The number of amides is 1. The predicted molar refractivity (Wildman–Crippen MR) is 91.9 cm³/mol. The molecule has 0 radical (unpaired) electrons. The molecule has 0 bridgehead atoms. The van der Waals surface area contributed by atoms with Gasteiger partial charge in [-0.1, -0.05) is 40.9 Å². The van der Waals surface area contributed by atoms with Crippen LogP contribution in [0.5, 0.6) is 5.75 Å². The van der Waals surface area contributed by atoms with Crippen LogP contribution in [0, 0.1) is 6.92 Å². The number of nitrogens with one attached hydrogen (secondary N) is 1. The molecule has 3 nitrogen and oxygen atoms in total. The number of carbonyl (C=O) groups excluding carboxylic acids is 1. The first kappa shape index (κ1) is 16.4. The van der Waals surface area contributed by atoms with E-state index in [-0.39, 0.29) is 5.91 Å². The second-order valence-electron chi connectivity index (χ2n) is 4.67. The molecule has 1 N–H and O–H groups in total. The van der Waals surface area contributed by atoms with Gasteiger partial charge in [0.2, 0.25) is 5.91 Å². The van der Waals surface area contributed by atoms with Gasteiger partial charge >= 0.3 is 0 Å². The van der Waals surface area contributed by atoms with E-state index in [0.717, 1.165) is 11.1 Å². The van der Waals surface area contributed by atoms with Gasteiger partial charge in [0, 0.05) is 11.6 Å². The third kappa shape index (κ3) is 4.03. The van der Waals surface area contributed by atoms with Gasteiger partial charge in [0.1, 0.15) is 5.75 Å². The molecular formula is C17H15Cl2NO2. The highest BCUT2D eigenvalue weighted by Crippen LogP contribution is 2.29. The topological polar surface area (TPSA) is 38.3 Å². The smallest absolute Gasteiger partial charge is 0.248 e. The predicted octanol–water partition coefficient (Wildman–Crippen LogP) is 4.96. The minimum atomic E-state index is -0.298. The van der Waals surface area contributed by atoms with Crippen molar-refractivity contribution in [2.75, 3.05) is 12.4 Å². The molecule has 0 aromatic heterocycles. The van der Waals surface area contributed by atoms with Crippen molar-refractivity contribution in [2.24, 2.45) is 0 Å². The Morgan fingerprint density at radius 3 is 2.73 bits per heavy atom. The molecule has 5 heteroatoms. The summed E-state index contributed by atoms with van der Waals surface area (Å²) < 4.78 is 5.26. The Kier molecular flexibility index (Phi) is 5.47. The number of hydrogen-bond donors (Lipinski definition) is 1. The molecule has 0 spiro atoms. The summed E-state index contributed by atoms with van der Waals surface area (Å²) in [4.78, 5) is 12.0. The first-order valence-electron chi connectivity index (χ1n) is 6.59. The van der Waals surface area contributed by atoms with E-state index in [2.05, 4.69) is 5.32 Å². The van der Waals surface area contributed by atoms with E-state index in [1.165, 1.54) is 6.08 Å². The molecule has 2 rings (SSSR count). The number of rotatable bonds is 4. The zero-order valence-corrected chi connectivity index (χ0v) is 13.7. The molecule has 0 aliphatic carbocycles. The van der Waals surface area contributed by atoms with Crippen LogP contribution in [0.1, 0.15) is 11.1 Å². The summed E-state index contributed by atoms with van der Waals surface area (Å²) in [7, 11) is 1.59. The molecule has 0 aliphatic rings. The minimum absolute atomic E-state index is 0.298. The molecule has 0 fully saturated rings. The molecule has 0 unspecified atom stereocenters. The monoisotopic (exact) mass is 335 g/mol. The van der Waals surface area contributed by atoms with E-state index in [0.29, 0.717) is 21.5 Å². The Bertz CT molecular complexity index is 727. The van der Waals surface area contributed by atoms with E-state index >= 15 is 0 Å². The van der Waals surface area contributed by atoms with Gasteiger partial charge in [-0.15, -0.1) is 0 Å². The van der Waals surface area contributed by atoms with Crippen molar-refractivity contribution in [3.8, 4) is 5.75 Å². The highest BCUT2D eigenvalue weighted by Gasteiger charge is 2.06. The Labute approximate surface area is 139 Å². The Morgan fingerprint density at radius 1 is 1.23 bits per heavy atom. The molecule has 1 amide bonds. The zero-order valence-electron chi connectivity index (χ0n) is 12.2. The van der Waals surface area contributed by atoms with Crippen LogP contribution < -0.4 is 10.1 Å². The maximum Gasteiger partial charge on any atom is 0.248 e. The molecule has 0 saturated carbocycles. The number of ether oxygens (including phenoxy) is 1. The minimum Gasteiger partial charge on any atom is -0.496 e. The second kappa shape index (κ2) is 7.34. The number of carbonyl (C=O) groups is 1. The van der Waals surface area contributed by atoms with Crippen molar-refractivity contribution in [1.82, 2.24) is 0 Å². The van der Waals surface area contributed by atoms with Gasteiger partial charge in [-0.3, -0.25) is 4.79 Å². The van der Waals surface area contributed by atoms with Crippen molar-refractivity contribution >= 4 is 40.9 Å². The lowest BCUT2D eigenvalue weighted by molar-refractivity contribution is -0.111. The summed E-state index contributed by atoms with van der Waals surface area (Å²) in [6, 6.07) is 10.8. The molecule has 114 valence electrons. The third-order valence-electron chi connectivity index (χ3n) is 3.01. The van der Waals surface area contributed by atoms with Crippen LogP contribution in [0.4, 0.5) is 5.69 Å². The van der Waals surface area contributed by atoms with Crippen LogP contribution in [-0.2, 0) is 4.79 Å². The summed E-state index contributed by atoms with van der Waals surface area (Å²) in [5.41, 5.74) is 2.38. The van der Waals surface area contributed by atoms with Gasteiger partial charge in [0.25, 0.3) is 0 Å². The maximum atomic E-state index is 12.0. The van der Waals surface area contributed by atoms with E-state index in [9.17, 15) is 4.79 Å². The number of aryl methyl sites for hydroxylation is 1. The summed E-state index contributed by atoms with van der Waals surface area (Å²) >= 11 is 11.9. The molecule has 0 aliphatic heterocycles. The van der Waals surface area contributed by atoms with E-state index in [1.54, 1.807) is 31.4 Å². The molecule has 0 heterocycles. The van der Waals surface area contributed by atoms with Crippen LogP contribution in [0.25, 0.3) is 6.08 Å². The molecule has 0 atom stereocenters. The van der Waals surface area contributed by atoms with Gasteiger partial charge in [0.05, 0.1) is 22.8 Å². The fourth-order valence-electron chi connectivity index (χ4n) is 1.92. The van der Waals surface area contributed by atoms with Gasteiger partial charge in [-0.05, 0) is 37.3 Å². The average molecular weight is 336 g/mol. The zero-order chi connectivity index (χ0) is 16.1. The normalized spacial score (nSPS) is 10.7. The van der Waals surface area contributed by atoms with Gasteiger partial charge < -0.3 is 10.1 Å². The van der Waals surface area contributed by atoms with Crippen LogP contribution in [-0.4, -0.2) is 13.0 Å². The lowest BCUT2D eigenvalue weighted by atomic mass is 10.1. The molecule has 2 aromatic rings. The lowest BCUT2D eigenvalue weighted by Gasteiger charge is -2.07. The quantitative estimate of drug-likeness (QED) is 0.801. The number of halogens is 2. The Hall–Kier alpha value is -1.97. The Morgan fingerprint density at radius 2 is 2.00 bits per heavy atom. The van der Waals surface area contributed by atoms with Crippen molar-refractivity contribution in [3.05, 3.63) is 63.6 Å². The summed E-state index contributed by atoms with van der Waals surface area (Å²) in [6.07, 6.45) is 3.12. The third-order valence-corrected chi connectivity index (χ3v) is 3.83. The number of benzene rings is 2. The van der Waals surface area contributed by atoms with Crippen molar-refractivity contribution in [2.45, 2.75) is 6.92 Å². The van der Waals surface area contributed by atoms with Crippen molar-refractivity contribution in [3.63, 3.8) is 0 Å². The summed E-state index contributed by atoms with van der Waals surface area (Å²) in [6.45, 7) is 1.97. The van der Waals surface area contributed by atoms with Gasteiger partial charge in [0.15, 0.2) is 0 Å². The molecule has 22 heavy (non-hydrogen) atoms. The Balaban J connectivity index is 2.15. The number of hydrogen-bond acceptors (Lipinski definition) is 2. The van der Waals surface area contributed by atoms with E-state index in [1.807, 2.05) is 25.1 Å². The maximum absolute atomic E-state index is 12.0. The first-order chi connectivity index (χ1) is 10.5.